The highest BCUT2D eigenvalue weighted by Crippen LogP contribution is 2.33. The van der Waals surface area contributed by atoms with Crippen LogP contribution >= 0.6 is 23.3 Å². The van der Waals surface area contributed by atoms with Crippen molar-refractivity contribution in [3.8, 4) is 0 Å². The molecule has 0 bridgehead atoms. The van der Waals surface area contributed by atoms with Gasteiger partial charge < -0.3 is 5.32 Å². The number of fused-ring (bicyclic) bond motifs is 1. The molecule has 1 unspecified atom stereocenters. The molecule has 108 valence electrons. The van der Waals surface area contributed by atoms with E-state index in [4.69, 9.17) is 11.6 Å². The van der Waals surface area contributed by atoms with Gasteiger partial charge in [0.15, 0.2) is 0 Å². The fraction of sp³-hybridized carbons (Fsp3) is 0.143. The molecule has 0 fully saturated rings. The van der Waals surface area contributed by atoms with Crippen molar-refractivity contribution in [1.82, 2.24) is 8.75 Å². The first-order chi connectivity index (χ1) is 10.1. The second kappa shape index (κ2) is 5.54. The van der Waals surface area contributed by atoms with Crippen LogP contribution in [0.4, 0.5) is 14.5 Å². The zero-order valence-electron chi connectivity index (χ0n) is 10.9. The van der Waals surface area contributed by atoms with Gasteiger partial charge in [-0.05, 0) is 31.2 Å². The van der Waals surface area contributed by atoms with Gasteiger partial charge in [0, 0.05) is 5.56 Å². The Labute approximate surface area is 128 Å². The summed E-state index contributed by atoms with van der Waals surface area (Å²) in [6, 6.07) is 6.61. The summed E-state index contributed by atoms with van der Waals surface area (Å²) >= 11 is 7.22. The maximum Gasteiger partial charge on any atom is 0.131 e. The summed E-state index contributed by atoms with van der Waals surface area (Å²) in [7, 11) is 0. The van der Waals surface area contributed by atoms with Crippen LogP contribution in [0.5, 0.6) is 0 Å². The van der Waals surface area contributed by atoms with Gasteiger partial charge in [-0.1, -0.05) is 17.7 Å². The number of hydrogen-bond donors (Lipinski definition) is 1. The maximum atomic E-state index is 13.8. The Hall–Kier alpha value is -1.79. The summed E-state index contributed by atoms with van der Waals surface area (Å²) in [4.78, 5) is 0. The minimum absolute atomic E-state index is 0.0336. The smallest absolute Gasteiger partial charge is 0.131 e. The van der Waals surface area contributed by atoms with E-state index in [9.17, 15) is 8.78 Å². The molecule has 1 heterocycles. The molecule has 1 atom stereocenters. The lowest BCUT2D eigenvalue weighted by Crippen LogP contribution is -2.11. The number of hydrogen-bond acceptors (Lipinski definition) is 4. The molecular weight excluding hydrogens is 316 g/mol. The Bertz CT molecular complexity index is 786. The number of halogens is 3. The molecule has 3 aromatic rings. The van der Waals surface area contributed by atoms with E-state index in [1.165, 1.54) is 18.2 Å². The second-order valence-electron chi connectivity index (χ2n) is 4.56. The van der Waals surface area contributed by atoms with E-state index >= 15 is 0 Å². The number of nitrogens with zero attached hydrogens (tertiary/aromatic N) is 2. The molecule has 0 radical (unpaired) electrons. The average molecular weight is 326 g/mol. The van der Waals surface area contributed by atoms with Gasteiger partial charge in [0.1, 0.15) is 22.7 Å². The molecule has 3 rings (SSSR count). The molecule has 21 heavy (non-hydrogen) atoms. The predicted molar refractivity (Wildman–Crippen MR) is 80.8 cm³/mol. The normalized spacial score (nSPS) is 12.6. The summed E-state index contributed by atoms with van der Waals surface area (Å²) in [6.45, 7) is 1.66. The molecule has 0 saturated carbocycles. The van der Waals surface area contributed by atoms with Crippen molar-refractivity contribution in [3.63, 3.8) is 0 Å². The predicted octanol–water partition coefficient (Wildman–Crippen LogP) is 4.80. The monoisotopic (exact) mass is 325 g/mol. The van der Waals surface area contributed by atoms with Crippen LogP contribution in [0.1, 0.15) is 18.5 Å². The maximum absolute atomic E-state index is 13.8. The standard InChI is InChI=1S/C14H10ClF2N3S/c1-7(12-9(16)3-2-4-10(12)17)18-13-8(15)5-6-11-14(13)20-21-19-11/h2-7,18H,1H3. The molecule has 2 aromatic carbocycles. The Balaban J connectivity index is 2.02. The molecule has 7 heteroatoms. The van der Waals surface area contributed by atoms with Gasteiger partial charge in [-0.2, -0.15) is 8.75 Å². The van der Waals surface area contributed by atoms with Gasteiger partial charge in [0.25, 0.3) is 0 Å². The van der Waals surface area contributed by atoms with Crippen molar-refractivity contribution in [2.24, 2.45) is 0 Å². The summed E-state index contributed by atoms with van der Waals surface area (Å²) in [5.41, 5.74) is 1.77. The average Bonchev–Trinajstić information content (AvgIpc) is 2.90. The third kappa shape index (κ3) is 2.56. The van der Waals surface area contributed by atoms with Crippen molar-refractivity contribution in [3.05, 3.63) is 52.6 Å². The number of rotatable bonds is 3. The zero-order valence-corrected chi connectivity index (χ0v) is 12.5. The second-order valence-corrected chi connectivity index (χ2v) is 5.49. The number of nitrogens with one attached hydrogen (secondary N) is 1. The van der Waals surface area contributed by atoms with Crippen LogP contribution in [0.3, 0.4) is 0 Å². The molecule has 1 N–H and O–H groups in total. The third-order valence-corrected chi connectivity index (χ3v) is 4.03. The highest BCUT2D eigenvalue weighted by Gasteiger charge is 2.18. The van der Waals surface area contributed by atoms with Gasteiger partial charge in [0.05, 0.1) is 28.5 Å². The first-order valence-electron chi connectivity index (χ1n) is 6.19. The van der Waals surface area contributed by atoms with E-state index in [0.717, 1.165) is 11.7 Å². The van der Waals surface area contributed by atoms with Gasteiger partial charge in [-0.15, -0.1) is 0 Å². The Morgan fingerprint density at radius 3 is 2.57 bits per heavy atom. The summed E-state index contributed by atoms with van der Waals surface area (Å²) < 4.78 is 35.9. The van der Waals surface area contributed by atoms with Gasteiger partial charge in [-0.25, -0.2) is 8.78 Å². The Kier molecular flexibility index (Phi) is 3.73. The summed E-state index contributed by atoms with van der Waals surface area (Å²) in [6.07, 6.45) is 0. The first kappa shape index (κ1) is 14.2. The van der Waals surface area contributed by atoms with E-state index in [-0.39, 0.29) is 5.56 Å². The van der Waals surface area contributed by atoms with Crippen LogP contribution in [-0.4, -0.2) is 8.75 Å². The lowest BCUT2D eigenvalue weighted by molar-refractivity contribution is 0.544. The Morgan fingerprint density at radius 1 is 1.14 bits per heavy atom. The largest absolute Gasteiger partial charge is 0.375 e. The first-order valence-corrected chi connectivity index (χ1v) is 7.30. The summed E-state index contributed by atoms with van der Waals surface area (Å²) in [5, 5.41) is 3.46. The van der Waals surface area contributed by atoms with Gasteiger partial charge in [0.2, 0.25) is 0 Å². The molecule has 0 saturated heterocycles. The van der Waals surface area contributed by atoms with E-state index in [1.54, 1.807) is 19.1 Å². The third-order valence-electron chi connectivity index (χ3n) is 3.17. The molecular formula is C14H10ClF2N3S. The van der Waals surface area contributed by atoms with E-state index in [2.05, 4.69) is 14.1 Å². The van der Waals surface area contributed by atoms with Crippen molar-refractivity contribution in [2.45, 2.75) is 13.0 Å². The number of anilines is 1. The molecule has 1 aromatic heterocycles. The van der Waals surface area contributed by atoms with Crippen LogP contribution < -0.4 is 5.32 Å². The lowest BCUT2D eigenvalue weighted by atomic mass is 10.1. The molecule has 3 nitrogen and oxygen atoms in total. The molecule has 0 aliphatic rings. The van der Waals surface area contributed by atoms with Crippen LogP contribution in [0.2, 0.25) is 5.02 Å². The highest BCUT2D eigenvalue weighted by atomic mass is 35.5. The minimum atomic E-state index is -0.602. The molecule has 0 aliphatic heterocycles. The van der Waals surface area contributed by atoms with Crippen molar-refractivity contribution in [2.75, 3.05) is 5.32 Å². The van der Waals surface area contributed by atoms with Crippen LogP contribution in [0.15, 0.2) is 30.3 Å². The fourth-order valence-electron chi connectivity index (χ4n) is 2.18. The number of aromatic nitrogens is 2. The quantitative estimate of drug-likeness (QED) is 0.752. The molecule has 0 spiro atoms. The summed E-state index contributed by atoms with van der Waals surface area (Å²) in [5.74, 6) is -1.20. The van der Waals surface area contributed by atoms with Crippen molar-refractivity contribution >= 4 is 40.0 Å². The van der Waals surface area contributed by atoms with Crippen molar-refractivity contribution in [1.29, 1.82) is 0 Å². The van der Waals surface area contributed by atoms with Crippen LogP contribution in [0, 0.1) is 11.6 Å². The topological polar surface area (TPSA) is 37.8 Å². The van der Waals surface area contributed by atoms with Crippen LogP contribution in [0.25, 0.3) is 11.0 Å². The van der Waals surface area contributed by atoms with Gasteiger partial charge >= 0.3 is 0 Å². The lowest BCUT2D eigenvalue weighted by Gasteiger charge is -2.18. The Morgan fingerprint density at radius 2 is 1.86 bits per heavy atom. The van der Waals surface area contributed by atoms with Crippen LogP contribution in [-0.2, 0) is 0 Å². The van der Waals surface area contributed by atoms with E-state index in [1.807, 2.05) is 0 Å². The van der Waals surface area contributed by atoms with Gasteiger partial charge in [-0.3, -0.25) is 0 Å². The zero-order chi connectivity index (χ0) is 15.0. The minimum Gasteiger partial charge on any atom is -0.375 e. The molecule has 0 aliphatic carbocycles. The van der Waals surface area contributed by atoms with E-state index in [0.29, 0.717) is 21.7 Å². The van der Waals surface area contributed by atoms with Crippen molar-refractivity contribution < 1.29 is 8.78 Å². The fourth-order valence-corrected chi connectivity index (χ4v) is 2.93. The SMILES string of the molecule is CC(Nc1c(Cl)ccc2nsnc12)c1c(F)cccc1F. The van der Waals surface area contributed by atoms with E-state index < -0.39 is 17.7 Å². The molecule has 0 amide bonds. The highest BCUT2D eigenvalue weighted by molar-refractivity contribution is 7.00. The number of benzene rings is 2.